The molecule has 3 rings (SSSR count). The van der Waals surface area contributed by atoms with Crippen molar-refractivity contribution < 1.29 is 9.59 Å². The second-order valence-corrected chi connectivity index (χ2v) is 7.30. The van der Waals surface area contributed by atoms with Gasteiger partial charge in [0.05, 0.1) is 5.69 Å². The van der Waals surface area contributed by atoms with Gasteiger partial charge >= 0.3 is 0 Å². The summed E-state index contributed by atoms with van der Waals surface area (Å²) >= 11 is 0. The highest BCUT2D eigenvalue weighted by Crippen LogP contribution is 2.23. The molecule has 2 amide bonds. The molecule has 0 radical (unpaired) electrons. The number of nitrogens with zero attached hydrogens (tertiary/aromatic N) is 3. The maximum absolute atomic E-state index is 12.9. The number of imidazole rings is 1. The zero-order chi connectivity index (χ0) is 17.1. The Hall–Kier alpha value is -1.85. The van der Waals surface area contributed by atoms with Gasteiger partial charge in [-0.2, -0.15) is 0 Å². The molecule has 3 heterocycles. The van der Waals surface area contributed by atoms with E-state index < -0.39 is 0 Å². The Kier molecular flexibility index (Phi) is 5.21. The van der Waals surface area contributed by atoms with E-state index in [1.54, 1.807) is 0 Å². The Bertz CT molecular complexity index is 615. The number of hydrogen-bond acceptors (Lipinski definition) is 3. The summed E-state index contributed by atoms with van der Waals surface area (Å²) in [7, 11) is 0. The smallest absolute Gasteiger partial charge is 0.287 e. The topological polar surface area (TPSA) is 67.2 Å². The molecule has 0 unspecified atom stereocenters. The summed E-state index contributed by atoms with van der Waals surface area (Å²) < 4.78 is 1.97. The van der Waals surface area contributed by atoms with Crippen molar-refractivity contribution in [2.75, 3.05) is 19.6 Å². The standard InChI is InChI=1S/C18H28N4O2/c1-13(2)12-19-17(23)16-20-15(14-8-4-7-11-22(14)16)18(24)21-9-5-3-6-10-21/h13H,3-12H2,1-2H3,(H,19,23). The Morgan fingerprint density at radius 2 is 1.79 bits per heavy atom. The highest BCUT2D eigenvalue weighted by molar-refractivity contribution is 5.97. The molecule has 2 aliphatic heterocycles. The number of aromatic nitrogens is 2. The zero-order valence-corrected chi connectivity index (χ0v) is 14.8. The molecule has 0 bridgehead atoms. The van der Waals surface area contributed by atoms with E-state index in [1.165, 1.54) is 6.42 Å². The van der Waals surface area contributed by atoms with Crippen LogP contribution in [0.5, 0.6) is 0 Å². The van der Waals surface area contributed by atoms with Gasteiger partial charge in [0.2, 0.25) is 0 Å². The van der Waals surface area contributed by atoms with Crippen molar-refractivity contribution in [3.8, 4) is 0 Å². The van der Waals surface area contributed by atoms with Gasteiger partial charge in [-0.3, -0.25) is 9.59 Å². The SMILES string of the molecule is CC(C)CNC(=O)c1nc(C(=O)N2CCCCC2)c2n1CCCC2. The Labute approximate surface area is 143 Å². The number of fused-ring (bicyclic) bond motifs is 1. The van der Waals surface area contributed by atoms with Crippen molar-refractivity contribution in [3.05, 3.63) is 17.2 Å². The maximum atomic E-state index is 12.9. The molecule has 6 nitrogen and oxygen atoms in total. The van der Waals surface area contributed by atoms with Gasteiger partial charge in [0.25, 0.3) is 11.8 Å². The number of nitrogens with one attached hydrogen (secondary N) is 1. The van der Waals surface area contributed by atoms with Crippen LogP contribution in [0.15, 0.2) is 0 Å². The van der Waals surface area contributed by atoms with E-state index in [1.807, 2.05) is 9.47 Å². The lowest BCUT2D eigenvalue weighted by Crippen LogP contribution is -2.36. The fourth-order valence-electron chi connectivity index (χ4n) is 3.51. The van der Waals surface area contributed by atoms with Crippen LogP contribution in [0.3, 0.4) is 0 Å². The van der Waals surface area contributed by atoms with Crippen molar-refractivity contribution in [1.82, 2.24) is 19.8 Å². The Morgan fingerprint density at radius 1 is 1.08 bits per heavy atom. The molecule has 132 valence electrons. The normalized spacial score (nSPS) is 17.7. The summed E-state index contributed by atoms with van der Waals surface area (Å²) in [5, 5.41) is 2.93. The number of rotatable bonds is 4. The molecule has 1 saturated heterocycles. The Balaban J connectivity index is 1.86. The number of carbonyl (C=O) groups excluding carboxylic acids is 2. The molecule has 1 fully saturated rings. The monoisotopic (exact) mass is 332 g/mol. The van der Waals surface area contributed by atoms with Crippen LogP contribution in [0, 0.1) is 5.92 Å². The second-order valence-electron chi connectivity index (χ2n) is 7.30. The summed E-state index contributed by atoms with van der Waals surface area (Å²) in [5.74, 6) is 0.637. The van der Waals surface area contributed by atoms with Gasteiger partial charge < -0.3 is 14.8 Å². The largest absolute Gasteiger partial charge is 0.349 e. The van der Waals surface area contributed by atoms with Gasteiger partial charge in [-0.15, -0.1) is 0 Å². The van der Waals surface area contributed by atoms with E-state index >= 15 is 0 Å². The van der Waals surface area contributed by atoms with Crippen LogP contribution in [0.2, 0.25) is 0 Å². The van der Waals surface area contributed by atoms with Crippen molar-refractivity contribution >= 4 is 11.8 Å². The maximum Gasteiger partial charge on any atom is 0.287 e. The highest BCUT2D eigenvalue weighted by atomic mass is 16.2. The molecule has 0 aliphatic carbocycles. The molecule has 0 saturated carbocycles. The van der Waals surface area contributed by atoms with Crippen molar-refractivity contribution in [2.45, 2.75) is 58.9 Å². The Morgan fingerprint density at radius 3 is 2.50 bits per heavy atom. The third-order valence-corrected chi connectivity index (χ3v) is 4.84. The van der Waals surface area contributed by atoms with Crippen LogP contribution in [-0.2, 0) is 13.0 Å². The first-order valence-electron chi connectivity index (χ1n) is 9.25. The van der Waals surface area contributed by atoms with Gasteiger partial charge in [-0.05, 0) is 44.4 Å². The number of hydrogen-bond donors (Lipinski definition) is 1. The predicted molar refractivity (Wildman–Crippen MR) is 92.1 cm³/mol. The molecule has 24 heavy (non-hydrogen) atoms. The minimum absolute atomic E-state index is 0.00302. The molecule has 2 aliphatic rings. The average molecular weight is 332 g/mol. The van der Waals surface area contributed by atoms with Crippen molar-refractivity contribution in [2.24, 2.45) is 5.92 Å². The van der Waals surface area contributed by atoms with E-state index in [4.69, 9.17) is 0 Å². The highest BCUT2D eigenvalue weighted by Gasteiger charge is 2.30. The minimum Gasteiger partial charge on any atom is -0.349 e. The molecule has 6 heteroatoms. The predicted octanol–water partition coefficient (Wildman–Crippen LogP) is 2.23. The molecule has 0 aromatic carbocycles. The summed E-state index contributed by atoms with van der Waals surface area (Å²) in [4.78, 5) is 31.8. The summed E-state index contributed by atoms with van der Waals surface area (Å²) in [5.41, 5.74) is 1.46. The van der Waals surface area contributed by atoms with Crippen molar-refractivity contribution in [1.29, 1.82) is 0 Å². The van der Waals surface area contributed by atoms with E-state index in [2.05, 4.69) is 24.1 Å². The van der Waals surface area contributed by atoms with Crippen molar-refractivity contribution in [3.63, 3.8) is 0 Å². The van der Waals surface area contributed by atoms with Crippen LogP contribution in [0.1, 0.15) is 72.8 Å². The molecular weight excluding hydrogens is 304 g/mol. The van der Waals surface area contributed by atoms with Crippen LogP contribution in [0.4, 0.5) is 0 Å². The van der Waals surface area contributed by atoms with Crippen LogP contribution >= 0.6 is 0 Å². The molecule has 1 aromatic heterocycles. The third kappa shape index (κ3) is 3.47. The van der Waals surface area contributed by atoms with Crippen LogP contribution in [-0.4, -0.2) is 45.9 Å². The van der Waals surface area contributed by atoms with Gasteiger partial charge in [0, 0.05) is 26.2 Å². The lowest BCUT2D eigenvalue weighted by Gasteiger charge is -2.26. The summed E-state index contributed by atoms with van der Waals surface area (Å²) in [6.45, 7) is 7.13. The van der Waals surface area contributed by atoms with E-state index in [0.29, 0.717) is 24.0 Å². The second kappa shape index (κ2) is 7.36. The number of amides is 2. The molecule has 0 spiro atoms. The lowest BCUT2D eigenvalue weighted by molar-refractivity contribution is 0.0717. The molecule has 1 N–H and O–H groups in total. The van der Waals surface area contributed by atoms with Gasteiger partial charge in [0.1, 0.15) is 5.69 Å². The number of carbonyl (C=O) groups is 2. The summed E-state index contributed by atoms with van der Waals surface area (Å²) in [6.07, 6.45) is 6.23. The third-order valence-electron chi connectivity index (χ3n) is 4.84. The molecule has 0 atom stereocenters. The molecule has 1 aromatic rings. The van der Waals surface area contributed by atoms with Gasteiger partial charge in [-0.1, -0.05) is 13.8 Å². The van der Waals surface area contributed by atoms with Crippen LogP contribution in [0.25, 0.3) is 0 Å². The molecular formula is C18H28N4O2. The fourth-order valence-corrected chi connectivity index (χ4v) is 3.51. The lowest BCUT2D eigenvalue weighted by atomic mass is 10.1. The first kappa shape index (κ1) is 17.0. The number of piperidine rings is 1. The first-order valence-corrected chi connectivity index (χ1v) is 9.25. The zero-order valence-electron chi connectivity index (χ0n) is 14.8. The quantitative estimate of drug-likeness (QED) is 0.919. The minimum atomic E-state index is -0.162. The summed E-state index contributed by atoms with van der Waals surface area (Å²) in [6, 6.07) is 0. The van der Waals surface area contributed by atoms with Gasteiger partial charge in [0.15, 0.2) is 5.82 Å². The van der Waals surface area contributed by atoms with E-state index in [-0.39, 0.29) is 11.8 Å². The van der Waals surface area contributed by atoms with E-state index in [9.17, 15) is 9.59 Å². The first-order chi connectivity index (χ1) is 11.6. The van der Waals surface area contributed by atoms with E-state index in [0.717, 1.165) is 57.4 Å². The number of likely N-dealkylation sites (tertiary alicyclic amines) is 1. The van der Waals surface area contributed by atoms with Crippen LogP contribution < -0.4 is 5.32 Å². The average Bonchev–Trinajstić information content (AvgIpc) is 2.99. The fraction of sp³-hybridized carbons (Fsp3) is 0.722. The van der Waals surface area contributed by atoms with Gasteiger partial charge in [-0.25, -0.2) is 4.98 Å².